The number of amides is 1. The minimum absolute atomic E-state index is 0.262. The van der Waals surface area contributed by atoms with Crippen molar-refractivity contribution in [1.29, 1.82) is 0 Å². The maximum absolute atomic E-state index is 11.5. The van der Waals surface area contributed by atoms with E-state index in [0.717, 1.165) is 56.8 Å². The second kappa shape index (κ2) is 20.2. The lowest BCUT2D eigenvalue weighted by Crippen LogP contribution is -2.20. The third-order valence-corrected chi connectivity index (χ3v) is 9.66. The van der Waals surface area contributed by atoms with Crippen molar-refractivity contribution in [1.82, 2.24) is 24.9 Å². The van der Waals surface area contributed by atoms with Gasteiger partial charge in [-0.1, -0.05) is 107 Å². The van der Waals surface area contributed by atoms with E-state index < -0.39 is 5.24 Å². The molecule has 0 spiro atoms. The molecule has 1 amide bonds. The number of nitrogens with zero attached hydrogens (tertiary/aromatic N) is 4. The van der Waals surface area contributed by atoms with E-state index in [4.69, 9.17) is 86.9 Å². The summed E-state index contributed by atoms with van der Waals surface area (Å²) in [6.45, 7) is 11.1. The molecule has 0 unspecified atom stereocenters. The van der Waals surface area contributed by atoms with Crippen LogP contribution in [-0.2, 0) is 22.7 Å². The summed E-state index contributed by atoms with van der Waals surface area (Å²) in [6, 6.07) is 25.6. The summed E-state index contributed by atoms with van der Waals surface area (Å²) in [7, 11) is 0. The Morgan fingerprint density at radius 2 is 1.04 bits per heavy atom. The number of carbonyl (C=O) groups is 2. The van der Waals surface area contributed by atoms with E-state index in [9.17, 15) is 9.59 Å². The van der Waals surface area contributed by atoms with Crippen molar-refractivity contribution < 1.29 is 9.59 Å². The van der Waals surface area contributed by atoms with Gasteiger partial charge in [-0.15, -0.1) is 0 Å². The van der Waals surface area contributed by atoms with Gasteiger partial charge in [0.15, 0.2) is 0 Å². The standard InChI is InChI=1S/C20H16Cl3N3O.C17H14Cl3N3.C3H3ClO/c1-3-19(27)24-11-17-12(2)20(13-4-6-14(21)7-5-13)26(25-17)18-9-8-15(22)10-16(18)23;1-10-15(9-21)22-23(16-7-6-13(19)8-14(16)20)17(10)11-2-4-12(18)5-3-11;1-2-3(4)5/h3-10H,1,11H2,2H3,(H,24,27);2-8H,9,21H2,1H3;2H,1H2. The maximum Gasteiger partial charge on any atom is 0.244 e. The average Bonchev–Trinajstić information content (AvgIpc) is 3.66. The van der Waals surface area contributed by atoms with Crippen LogP contribution in [0.1, 0.15) is 22.5 Å². The number of aromatic nitrogens is 4. The zero-order chi connectivity index (χ0) is 40.4. The molecule has 0 saturated carbocycles. The van der Waals surface area contributed by atoms with Gasteiger partial charge >= 0.3 is 0 Å². The summed E-state index contributed by atoms with van der Waals surface area (Å²) in [5.41, 5.74) is 14.5. The molecule has 2 aromatic heterocycles. The predicted molar refractivity (Wildman–Crippen MR) is 229 cm³/mol. The Balaban J connectivity index is 0.000000220. The lowest BCUT2D eigenvalue weighted by Gasteiger charge is -2.11. The molecule has 0 aliphatic rings. The summed E-state index contributed by atoms with van der Waals surface area (Å²) in [4.78, 5) is 21.0. The van der Waals surface area contributed by atoms with Gasteiger partial charge in [-0.25, -0.2) is 9.36 Å². The second-order valence-corrected chi connectivity index (χ2v) is 14.4. The summed E-state index contributed by atoms with van der Waals surface area (Å²) in [6.07, 6.45) is 2.27. The van der Waals surface area contributed by atoms with Crippen LogP contribution in [0.3, 0.4) is 0 Å². The van der Waals surface area contributed by atoms with Crippen molar-refractivity contribution in [2.75, 3.05) is 0 Å². The van der Waals surface area contributed by atoms with Crippen molar-refractivity contribution in [3.8, 4) is 33.9 Å². The Hall–Kier alpha value is -4.09. The van der Waals surface area contributed by atoms with Crippen molar-refractivity contribution in [3.63, 3.8) is 0 Å². The fraction of sp³-hybridized carbons (Fsp3) is 0.100. The van der Waals surface area contributed by atoms with Gasteiger partial charge < -0.3 is 11.1 Å². The van der Waals surface area contributed by atoms with Crippen LogP contribution in [0.2, 0.25) is 30.1 Å². The molecule has 4 aromatic carbocycles. The van der Waals surface area contributed by atoms with E-state index in [1.807, 2.05) is 74.5 Å². The normalized spacial score (nSPS) is 10.4. The molecule has 0 aliphatic heterocycles. The number of allylic oxidation sites excluding steroid dienone is 1. The van der Waals surface area contributed by atoms with Crippen LogP contribution in [0.5, 0.6) is 0 Å². The molecule has 15 heteroatoms. The van der Waals surface area contributed by atoms with E-state index >= 15 is 0 Å². The first-order valence-corrected chi connectivity index (χ1v) is 18.9. The van der Waals surface area contributed by atoms with Crippen molar-refractivity contribution in [2.45, 2.75) is 26.9 Å². The van der Waals surface area contributed by atoms with Crippen molar-refractivity contribution in [2.24, 2.45) is 5.73 Å². The minimum atomic E-state index is -0.509. The molecule has 3 N–H and O–H groups in total. The molecule has 0 saturated heterocycles. The number of halogens is 7. The number of nitrogens with one attached hydrogen (secondary N) is 1. The molecule has 6 aromatic rings. The quantitative estimate of drug-likeness (QED) is 0.111. The Bertz CT molecular complexity index is 2340. The van der Waals surface area contributed by atoms with Crippen LogP contribution in [0.4, 0.5) is 0 Å². The molecule has 284 valence electrons. The highest BCUT2D eigenvalue weighted by molar-refractivity contribution is 6.66. The van der Waals surface area contributed by atoms with Crippen LogP contribution < -0.4 is 11.1 Å². The van der Waals surface area contributed by atoms with Gasteiger partial charge in [0.05, 0.1) is 50.7 Å². The van der Waals surface area contributed by atoms with E-state index in [2.05, 4.69) is 28.7 Å². The van der Waals surface area contributed by atoms with Crippen LogP contribution in [0, 0.1) is 13.8 Å². The first-order chi connectivity index (χ1) is 26.2. The predicted octanol–water partition coefficient (Wildman–Crippen LogP) is 11.8. The Morgan fingerprint density at radius 3 is 1.40 bits per heavy atom. The monoisotopic (exact) mass is 874 g/mol. The molecule has 0 aliphatic carbocycles. The lowest BCUT2D eigenvalue weighted by atomic mass is 10.1. The van der Waals surface area contributed by atoms with E-state index in [0.29, 0.717) is 42.4 Å². The summed E-state index contributed by atoms with van der Waals surface area (Å²) < 4.78 is 3.56. The SMILES string of the molecule is C=CC(=O)Cl.C=CC(=O)NCc1nn(-c2ccc(Cl)cc2Cl)c(-c2ccc(Cl)cc2)c1C.Cc1c(CN)nn(-c2ccc(Cl)cc2Cl)c1-c1ccc(Cl)cc1. The zero-order valence-electron chi connectivity index (χ0n) is 29.4. The number of carbonyl (C=O) groups excluding carboxylic acids is 2. The first kappa shape index (κ1) is 43.6. The van der Waals surface area contributed by atoms with E-state index in [1.54, 1.807) is 33.6 Å². The Morgan fingerprint density at radius 1 is 0.655 bits per heavy atom. The molecule has 0 fully saturated rings. The van der Waals surface area contributed by atoms with Crippen LogP contribution >= 0.6 is 81.2 Å². The first-order valence-electron chi connectivity index (χ1n) is 16.2. The van der Waals surface area contributed by atoms with Crippen molar-refractivity contribution >= 4 is 92.4 Å². The molecule has 2 heterocycles. The highest BCUT2D eigenvalue weighted by Gasteiger charge is 2.20. The minimum Gasteiger partial charge on any atom is -0.347 e. The molecule has 0 atom stereocenters. The fourth-order valence-corrected chi connectivity index (χ4v) is 6.46. The van der Waals surface area contributed by atoms with Crippen LogP contribution in [-0.4, -0.2) is 30.7 Å². The third-order valence-electron chi connectivity index (χ3n) is 7.92. The Labute approximate surface area is 354 Å². The number of hydrogen-bond acceptors (Lipinski definition) is 5. The highest BCUT2D eigenvalue weighted by atomic mass is 35.5. The summed E-state index contributed by atoms with van der Waals surface area (Å²) >= 11 is 41.5. The van der Waals surface area contributed by atoms with Gasteiger partial charge in [0.2, 0.25) is 11.1 Å². The van der Waals surface area contributed by atoms with Gasteiger partial charge in [0, 0.05) is 43.3 Å². The zero-order valence-corrected chi connectivity index (χ0v) is 34.7. The van der Waals surface area contributed by atoms with Gasteiger partial charge in [-0.05, 0) is 104 Å². The smallest absolute Gasteiger partial charge is 0.244 e. The largest absolute Gasteiger partial charge is 0.347 e. The van der Waals surface area contributed by atoms with E-state index in [1.165, 1.54) is 6.08 Å². The molecule has 55 heavy (non-hydrogen) atoms. The van der Waals surface area contributed by atoms with Crippen LogP contribution in [0.25, 0.3) is 33.9 Å². The third kappa shape index (κ3) is 11.3. The average molecular weight is 878 g/mol. The van der Waals surface area contributed by atoms with Crippen molar-refractivity contribution in [3.05, 3.63) is 163 Å². The second-order valence-electron chi connectivity index (χ2n) is 11.5. The Kier molecular flexibility index (Phi) is 16.0. The molecular weight excluding hydrogens is 845 g/mol. The van der Waals surface area contributed by atoms with Gasteiger partial charge in [-0.3, -0.25) is 9.59 Å². The van der Waals surface area contributed by atoms with E-state index in [-0.39, 0.29) is 12.5 Å². The number of nitrogens with two attached hydrogens (primary N) is 1. The molecular formula is C40H33Cl7N6O2. The number of rotatable bonds is 9. The topological polar surface area (TPSA) is 108 Å². The fourth-order valence-electron chi connectivity index (χ4n) is 5.24. The lowest BCUT2D eigenvalue weighted by molar-refractivity contribution is -0.116. The van der Waals surface area contributed by atoms with Gasteiger partial charge in [0.1, 0.15) is 0 Å². The molecule has 0 bridgehead atoms. The molecule has 6 rings (SSSR count). The maximum atomic E-state index is 11.5. The summed E-state index contributed by atoms with van der Waals surface area (Å²) in [5.74, 6) is -0.262. The molecule has 0 radical (unpaired) electrons. The van der Waals surface area contributed by atoms with Crippen LogP contribution in [0.15, 0.2) is 110 Å². The van der Waals surface area contributed by atoms with Gasteiger partial charge in [0.25, 0.3) is 0 Å². The van der Waals surface area contributed by atoms with Gasteiger partial charge in [-0.2, -0.15) is 10.2 Å². The highest BCUT2D eigenvalue weighted by Crippen LogP contribution is 2.35. The summed E-state index contributed by atoms with van der Waals surface area (Å²) in [5, 5.41) is 15.0. The molecule has 8 nitrogen and oxygen atoms in total. The number of benzene rings is 4. The number of hydrogen-bond donors (Lipinski definition) is 2.